The number of rotatable bonds is 7. The minimum atomic E-state index is -2.11. The number of nitrogens with zero attached hydrogens (tertiary/aromatic N) is 1. The third-order valence-electron chi connectivity index (χ3n) is 4.99. The lowest BCUT2D eigenvalue weighted by Crippen LogP contribution is -2.31. The molecule has 1 aliphatic rings. The summed E-state index contributed by atoms with van der Waals surface area (Å²) >= 11 is 0. The molecule has 0 aromatic heterocycles. The van der Waals surface area contributed by atoms with Crippen LogP contribution in [0.25, 0.3) is 0 Å². The molecular formula is C18H31ClNOP. The van der Waals surface area contributed by atoms with Gasteiger partial charge in [-0.3, -0.25) is 0 Å². The highest BCUT2D eigenvalue weighted by atomic mass is 35.5. The zero-order chi connectivity index (χ0) is 15.1. The van der Waals surface area contributed by atoms with Gasteiger partial charge >= 0.3 is 0 Å². The Balaban J connectivity index is 0.00000242. The van der Waals surface area contributed by atoms with E-state index in [0.29, 0.717) is 0 Å². The molecule has 1 saturated heterocycles. The normalized spacial score (nSPS) is 17.7. The fourth-order valence-electron chi connectivity index (χ4n) is 3.50. The third-order valence-corrected chi connectivity index (χ3v) is 8.82. The molecule has 22 heavy (non-hydrogen) atoms. The summed E-state index contributed by atoms with van der Waals surface area (Å²) in [5.41, 5.74) is 1.53. The molecule has 1 unspecified atom stereocenters. The molecule has 0 bridgehead atoms. The summed E-state index contributed by atoms with van der Waals surface area (Å²) in [6.45, 7) is 7.75. The van der Waals surface area contributed by atoms with E-state index in [1.807, 2.05) is 6.07 Å². The van der Waals surface area contributed by atoms with Crippen molar-refractivity contribution in [3.8, 4) is 0 Å². The van der Waals surface area contributed by atoms with Crippen molar-refractivity contribution in [2.45, 2.75) is 45.2 Å². The average Bonchev–Trinajstić information content (AvgIpc) is 2.56. The zero-order valence-electron chi connectivity index (χ0n) is 14.0. The molecule has 1 aromatic carbocycles. The molecule has 126 valence electrons. The Bertz CT molecular complexity index is 451. The van der Waals surface area contributed by atoms with E-state index in [-0.39, 0.29) is 18.1 Å². The van der Waals surface area contributed by atoms with Crippen molar-refractivity contribution >= 4 is 19.5 Å². The molecule has 1 atom stereocenters. The standard InChI is InChI=1S/C18H30NOP.ClH/c1-3-21(20,4-2)18(17-11-7-5-8-12-17)13-16-19-14-9-6-10-15-19;/h5,7-8,11-12,18H,3-4,6,9-10,13-16H2,1-2H3;1H. The largest absolute Gasteiger partial charge is 0.323 e. The second-order valence-electron chi connectivity index (χ2n) is 6.20. The van der Waals surface area contributed by atoms with Crippen molar-refractivity contribution in [3.63, 3.8) is 0 Å². The Labute approximate surface area is 142 Å². The van der Waals surface area contributed by atoms with Gasteiger partial charge in [-0.1, -0.05) is 50.6 Å². The molecule has 2 nitrogen and oxygen atoms in total. The highest BCUT2D eigenvalue weighted by Gasteiger charge is 2.31. The van der Waals surface area contributed by atoms with E-state index in [4.69, 9.17) is 0 Å². The lowest BCUT2D eigenvalue weighted by molar-refractivity contribution is 0.225. The van der Waals surface area contributed by atoms with Gasteiger partial charge in [0.25, 0.3) is 0 Å². The predicted molar refractivity (Wildman–Crippen MR) is 100 cm³/mol. The summed E-state index contributed by atoms with van der Waals surface area (Å²) in [5.74, 6) is 0. The lowest BCUT2D eigenvalue weighted by Gasteiger charge is -2.31. The number of likely N-dealkylation sites (tertiary alicyclic amines) is 1. The summed E-state index contributed by atoms with van der Waals surface area (Å²) in [7, 11) is -2.11. The third kappa shape index (κ3) is 5.11. The molecule has 0 radical (unpaired) electrons. The molecule has 1 heterocycles. The quantitative estimate of drug-likeness (QED) is 0.615. The van der Waals surface area contributed by atoms with Gasteiger partial charge in [-0.2, -0.15) is 0 Å². The van der Waals surface area contributed by atoms with Crippen LogP contribution in [0.2, 0.25) is 0 Å². The topological polar surface area (TPSA) is 20.3 Å². The summed E-state index contributed by atoms with van der Waals surface area (Å²) < 4.78 is 13.3. The van der Waals surface area contributed by atoms with Crippen LogP contribution in [0.3, 0.4) is 0 Å². The van der Waals surface area contributed by atoms with Crippen LogP contribution in [0.4, 0.5) is 0 Å². The van der Waals surface area contributed by atoms with Crippen LogP contribution >= 0.6 is 19.5 Å². The van der Waals surface area contributed by atoms with E-state index in [1.54, 1.807) is 0 Å². The first-order valence-corrected chi connectivity index (χ1v) is 10.7. The summed E-state index contributed by atoms with van der Waals surface area (Å²) in [6, 6.07) is 10.5. The molecule has 0 aliphatic carbocycles. The van der Waals surface area contributed by atoms with Crippen LogP contribution in [0.5, 0.6) is 0 Å². The van der Waals surface area contributed by atoms with Gasteiger partial charge in [0.2, 0.25) is 0 Å². The maximum atomic E-state index is 13.3. The Hall–Kier alpha value is -0.300. The van der Waals surface area contributed by atoms with Crippen LogP contribution in [0.1, 0.15) is 50.8 Å². The van der Waals surface area contributed by atoms with Crippen molar-refractivity contribution < 1.29 is 4.57 Å². The Morgan fingerprint density at radius 3 is 2.18 bits per heavy atom. The second-order valence-corrected chi connectivity index (χ2v) is 10.00. The number of piperidine rings is 1. The number of halogens is 1. The van der Waals surface area contributed by atoms with Gasteiger partial charge in [0.15, 0.2) is 0 Å². The smallest absolute Gasteiger partial charge is 0.0943 e. The lowest BCUT2D eigenvalue weighted by atomic mass is 10.1. The Morgan fingerprint density at radius 1 is 1.05 bits per heavy atom. The van der Waals surface area contributed by atoms with E-state index in [9.17, 15) is 4.57 Å². The van der Waals surface area contributed by atoms with Gasteiger partial charge in [0, 0.05) is 5.66 Å². The van der Waals surface area contributed by atoms with Crippen molar-refractivity contribution in [2.75, 3.05) is 32.0 Å². The van der Waals surface area contributed by atoms with Gasteiger partial charge in [0.05, 0.1) is 7.14 Å². The molecule has 1 fully saturated rings. The van der Waals surface area contributed by atoms with Gasteiger partial charge in [-0.05, 0) is 56.8 Å². The van der Waals surface area contributed by atoms with Gasteiger partial charge in [-0.15, -0.1) is 12.4 Å². The molecule has 0 spiro atoms. The van der Waals surface area contributed by atoms with Crippen molar-refractivity contribution in [3.05, 3.63) is 35.9 Å². The summed E-state index contributed by atoms with van der Waals surface area (Å²) in [5, 5.41) is 0. The predicted octanol–water partition coefficient (Wildman–Crippen LogP) is 5.43. The first kappa shape index (κ1) is 19.7. The SMILES string of the molecule is CCP(=O)(CC)C(CCN1CCCCC1)c1ccccc1.Cl. The van der Waals surface area contributed by atoms with Gasteiger partial charge in [0.1, 0.15) is 0 Å². The van der Waals surface area contributed by atoms with E-state index in [2.05, 4.69) is 43.0 Å². The fraction of sp³-hybridized carbons (Fsp3) is 0.667. The molecule has 2 rings (SSSR count). The van der Waals surface area contributed by atoms with Crippen LogP contribution in [-0.2, 0) is 4.57 Å². The van der Waals surface area contributed by atoms with E-state index >= 15 is 0 Å². The molecule has 1 aliphatic heterocycles. The second kappa shape index (κ2) is 9.75. The minimum Gasteiger partial charge on any atom is -0.323 e. The van der Waals surface area contributed by atoms with E-state index < -0.39 is 7.14 Å². The van der Waals surface area contributed by atoms with Gasteiger partial charge in [-0.25, -0.2) is 0 Å². The number of hydrogen-bond acceptors (Lipinski definition) is 2. The summed E-state index contributed by atoms with van der Waals surface area (Å²) in [6.07, 6.45) is 6.72. The molecule has 0 amide bonds. The molecule has 4 heteroatoms. The molecule has 0 saturated carbocycles. The fourth-order valence-corrected chi connectivity index (χ4v) is 6.13. The van der Waals surface area contributed by atoms with Crippen molar-refractivity contribution in [1.29, 1.82) is 0 Å². The molecule has 1 aromatic rings. The first-order valence-electron chi connectivity index (χ1n) is 8.54. The molecule has 0 N–H and O–H groups in total. The monoisotopic (exact) mass is 343 g/mol. The minimum absolute atomic E-state index is 0. The van der Waals surface area contributed by atoms with Gasteiger partial charge < -0.3 is 9.46 Å². The summed E-state index contributed by atoms with van der Waals surface area (Å²) in [4.78, 5) is 2.56. The number of benzene rings is 1. The maximum Gasteiger partial charge on any atom is 0.0943 e. The van der Waals surface area contributed by atoms with Crippen LogP contribution < -0.4 is 0 Å². The zero-order valence-corrected chi connectivity index (χ0v) is 15.7. The van der Waals surface area contributed by atoms with Crippen molar-refractivity contribution in [2.24, 2.45) is 0 Å². The number of hydrogen-bond donors (Lipinski definition) is 0. The average molecular weight is 344 g/mol. The van der Waals surface area contributed by atoms with Crippen LogP contribution in [0.15, 0.2) is 30.3 Å². The van der Waals surface area contributed by atoms with Crippen molar-refractivity contribution in [1.82, 2.24) is 4.90 Å². The highest BCUT2D eigenvalue weighted by molar-refractivity contribution is 7.64. The first-order chi connectivity index (χ1) is 10.2. The van der Waals surface area contributed by atoms with Crippen LogP contribution in [-0.4, -0.2) is 36.9 Å². The van der Waals surface area contributed by atoms with E-state index in [0.717, 1.165) is 25.3 Å². The Morgan fingerprint density at radius 2 is 1.64 bits per heavy atom. The van der Waals surface area contributed by atoms with Crippen LogP contribution in [0, 0.1) is 0 Å². The maximum absolute atomic E-state index is 13.3. The van der Waals surface area contributed by atoms with E-state index in [1.165, 1.54) is 37.9 Å². The highest BCUT2D eigenvalue weighted by Crippen LogP contribution is 2.60. The Kier molecular flexibility index (Phi) is 8.75. The molecular weight excluding hydrogens is 313 g/mol.